The molecule has 1 aliphatic heterocycles. The summed E-state index contributed by atoms with van der Waals surface area (Å²) in [6.07, 6.45) is 1.89. The average molecular weight is 450 g/mol. The van der Waals surface area contributed by atoms with E-state index in [1.807, 2.05) is 25.1 Å². The predicted octanol–water partition coefficient (Wildman–Crippen LogP) is 5.05. The molecule has 0 radical (unpaired) electrons. The molecule has 3 rings (SSSR count). The molecule has 0 saturated carbocycles. The predicted molar refractivity (Wildman–Crippen MR) is 117 cm³/mol. The van der Waals surface area contributed by atoms with E-state index in [1.165, 1.54) is 30.0 Å². The molecule has 2 heterocycles. The third kappa shape index (κ3) is 4.08. The van der Waals surface area contributed by atoms with Crippen LogP contribution < -0.4 is 0 Å². The molecule has 0 spiro atoms. The number of benzene rings is 1. The molecule has 0 amide bonds. The molecule has 1 aliphatic rings. The van der Waals surface area contributed by atoms with Gasteiger partial charge in [0.1, 0.15) is 17.6 Å². The summed E-state index contributed by atoms with van der Waals surface area (Å²) >= 11 is 7.68. The van der Waals surface area contributed by atoms with Crippen LogP contribution in [-0.2, 0) is 9.53 Å². The van der Waals surface area contributed by atoms with E-state index in [4.69, 9.17) is 20.8 Å². The van der Waals surface area contributed by atoms with Crippen LogP contribution in [0.2, 0.25) is 5.02 Å². The van der Waals surface area contributed by atoms with Gasteiger partial charge >= 0.3 is 5.97 Å². The Morgan fingerprint density at radius 3 is 2.77 bits per heavy atom. The smallest absolute Gasteiger partial charge is 0.338 e. The van der Waals surface area contributed by atoms with Gasteiger partial charge in [0.2, 0.25) is 0 Å². The molecule has 0 fully saturated rings. The van der Waals surface area contributed by atoms with Crippen LogP contribution in [0, 0.1) is 10.1 Å². The summed E-state index contributed by atoms with van der Waals surface area (Å²) < 4.78 is 11.2. The van der Waals surface area contributed by atoms with Crippen LogP contribution >= 0.6 is 23.4 Å². The number of rotatable bonds is 5. The maximum atomic E-state index is 12.7. The summed E-state index contributed by atoms with van der Waals surface area (Å²) in [4.78, 5) is 29.8. The second-order valence-corrected chi connectivity index (χ2v) is 7.60. The molecule has 0 N–H and O–H groups in total. The van der Waals surface area contributed by atoms with E-state index in [0.29, 0.717) is 33.4 Å². The van der Waals surface area contributed by atoms with E-state index in [9.17, 15) is 14.9 Å². The van der Waals surface area contributed by atoms with Gasteiger partial charge in [0.05, 0.1) is 22.1 Å². The molecule has 0 aliphatic carbocycles. The van der Waals surface area contributed by atoms with E-state index in [2.05, 4.69) is 4.99 Å². The number of amidine groups is 1. The second kappa shape index (κ2) is 8.93. The van der Waals surface area contributed by atoms with Gasteiger partial charge in [0.15, 0.2) is 5.17 Å². The van der Waals surface area contributed by atoms with Gasteiger partial charge in [-0.05, 0) is 38.3 Å². The number of non-ortho nitro benzene ring substituents is 1. The first-order valence-electron chi connectivity index (χ1n) is 9.05. The van der Waals surface area contributed by atoms with Gasteiger partial charge in [-0.15, -0.1) is 0 Å². The third-order valence-corrected chi connectivity index (χ3v) is 5.77. The number of halogens is 1. The van der Waals surface area contributed by atoms with Gasteiger partial charge in [0.25, 0.3) is 5.69 Å². The van der Waals surface area contributed by atoms with Crippen molar-refractivity contribution >= 4 is 40.2 Å². The van der Waals surface area contributed by atoms with E-state index in [0.717, 1.165) is 5.17 Å². The lowest BCUT2D eigenvalue weighted by Crippen LogP contribution is -2.32. The number of hydrogen-bond acceptors (Lipinski definition) is 8. The first-order chi connectivity index (χ1) is 14.3. The summed E-state index contributed by atoms with van der Waals surface area (Å²) in [6.45, 7) is 3.80. The van der Waals surface area contributed by atoms with Gasteiger partial charge in [-0.3, -0.25) is 10.1 Å². The zero-order chi connectivity index (χ0) is 22.0. The fourth-order valence-electron chi connectivity index (χ4n) is 3.11. The van der Waals surface area contributed by atoms with Crippen molar-refractivity contribution in [2.75, 3.05) is 19.9 Å². The lowest BCUT2D eigenvalue weighted by molar-refractivity contribution is -0.384. The molecule has 30 heavy (non-hydrogen) atoms. The van der Waals surface area contributed by atoms with Crippen molar-refractivity contribution in [1.29, 1.82) is 0 Å². The Balaban J connectivity index is 2.08. The van der Waals surface area contributed by atoms with E-state index in [1.54, 1.807) is 19.1 Å². The molecule has 8 nitrogen and oxygen atoms in total. The molecule has 1 atom stereocenters. The van der Waals surface area contributed by atoms with Gasteiger partial charge in [-0.25, -0.2) is 9.79 Å². The van der Waals surface area contributed by atoms with E-state index < -0.39 is 16.9 Å². The number of thioether (sulfide) groups is 1. The minimum Gasteiger partial charge on any atom is -0.463 e. The SMILES string of the molecule is CCOC(=O)C1=C(C)N(C)C(SC)=N[C@@H]1c1ccc(-c2cc([N+](=O)[O-])ccc2Cl)o1. The highest BCUT2D eigenvalue weighted by molar-refractivity contribution is 8.13. The number of hydrogen-bond donors (Lipinski definition) is 0. The van der Waals surface area contributed by atoms with Crippen LogP contribution in [0.4, 0.5) is 5.69 Å². The molecular weight excluding hydrogens is 430 g/mol. The first kappa shape index (κ1) is 21.9. The largest absolute Gasteiger partial charge is 0.463 e. The number of carbonyl (C=O) groups excluding carboxylic acids is 1. The summed E-state index contributed by atoms with van der Waals surface area (Å²) in [6, 6.07) is 6.77. The molecular formula is C20H20ClN3O5S. The van der Waals surface area contributed by atoms with Gasteiger partial charge in [0, 0.05) is 30.4 Å². The van der Waals surface area contributed by atoms with Crippen LogP contribution in [0.1, 0.15) is 25.6 Å². The van der Waals surface area contributed by atoms with Crippen molar-refractivity contribution in [2.45, 2.75) is 19.9 Å². The van der Waals surface area contributed by atoms with Crippen molar-refractivity contribution in [3.05, 3.63) is 62.5 Å². The number of ether oxygens (including phenoxy) is 1. The van der Waals surface area contributed by atoms with Crippen LogP contribution in [0.5, 0.6) is 0 Å². The minimum atomic E-state index is -0.700. The standard InChI is InChI=1S/C20H20ClN3O5S/c1-5-28-19(25)17-11(2)23(3)20(30-4)22-18(17)16-9-8-15(29-16)13-10-12(24(26)27)6-7-14(13)21/h6-10,18H,5H2,1-4H3/t18-/m1/s1. The first-order valence-corrected chi connectivity index (χ1v) is 10.7. The molecule has 1 aromatic carbocycles. The van der Waals surface area contributed by atoms with Crippen molar-refractivity contribution < 1.29 is 18.9 Å². The number of nitro benzene ring substituents is 1. The van der Waals surface area contributed by atoms with Crippen molar-refractivity contribution in [3.8, 4) is 11.3 Å². The summed E-state index contributed by atoms with van der Waals surface area (Å²) in [5, 5.41) is 12.1. The molecule has 0 bridgehead atoms. The van der Waals surface area contributed by atoms with Gasteiger partial charge < -0.3 is 14.1 Å². The maximum Gasteiger partial charge on any atom is 0.338 e. The maximum absolute atomic E-state index is 12.7. The highest BCUT2D eigenvalue weighted by Gasteiger charge is 2.34. The molecule has 158 valence electrons. The van der Waals surface area contributed by atoms with Gasteiger partial charge in [-0.1, -0.05) is 23.4 Å². The van der Waals surface area contributed by atoms with Gasteiger partial charge in [-0.2, -0.15) is 0 Å². The summed E-state index contributed by atoms with van der Waals surface area (Å²) in [5.41, 5.74) is 1.38. The Morgan fingerprint density at radius 2 is 2.13 bits per heavy atom. The van der Waals surface area contributed by atoms with Crippen molar-refractivity contribution in [2.24, 2.45) is 4.99 Å². The Labute approximate surface area is 182 Å². The lowest BCUT2D eigenvalue weighted by Gasteiger charge is -2.30. The van der Waals surface area contributed by atoms with Crippen molar-refractivity contribution in [1.82, 2.24) is 4.90 Å². The molecule has 1 aromatic heterocycles. The Kier molecular flexibility index (Phi) is 6.52. The van der Waals surface area contributed by atoms with Crippen LogP contribution in [0.25, 0.3) is 11.3 Å². The zero-order valence-corrected chi connectivity index (χ0v) is 18.4. The van der Waals surface area contributed by atoms with E-state index >= 15 is 0 Å². The highest BCUT2D eigenvalue weighted by Crippen LogP contribution is 2.39. The van der Waals surface area contributed by atoms with Crippen LogP contribution in [0.15, 0.2) is 51.0 Å². The summed E-state index contributed by atoms with van der Waals surface area (Å²) in [7, 11) is 1.83. The van der Waals surface area contributed by atoms with Crippen LogP contribution in [-0.4, -0.2) is 40.9 Å². The zero-order valence-electron chi connectivity index (χ0n) is 16.8. The Morgan fingerprint density at radius 1 is 1.40 bits per heavy atom. The highest BCUT2D eigenvalue weighted by atomic mass is 35.5. The second-order valence-electron chi connectivity index (χ2n) is 6.42. The number of nitro groups is 1. The Hall–Kier alpha value is -2.78. The van der Waals surface area contributed by atoms with Crippen LogP contribution in [0.3, 0.4) is 0 Å². The molecule has 10 heteroatoms. The minimum absolute atomic E-state index is 0.0997. The Bertz CT molecular complexity index is 1060. The molecule has 2 aromatic rings. The topological polar surface area (TPSA) is 98.2 Å². The normalized spacial score (nSPS) is 16.5. The number of allylic oxidation sites excluding steroid dienone is 1. The average Bonchev–Trinajstić information content (AvgIpc) is 3.19. The van der Waals surface area contributed by atoms with E-state index in [-0.39, 0.29) is 12.3 Å². The number of aliphatic imine (C=N–C) groups is 1. The third-order valence-electron chi connectivity index (χ3n) is 4.69. The number of esters is 1. The molecule has 0 saturated heterocycles. The number of carbonyl (C=O) groups is 1. The fourth-order valence-corrected chi connectivity index (χ4v) is 3.94. The number of nitrogens with zero attached hydrogens (tertiary/aromatic N) is 3. The number of furan rings is 1. The quantitative estimate of drug-likeness (QED) is 0.357. The fraction of sp³-hybridized carbons (Fsp3) is 0.300. The summed E-state index contributed by atoms with van der Waals surface area (Å²) in [5.74, 6) is 0.288. The van der Waals surface area contributed by atoms with Crippen molar-refractivity contribution in [3.63, 3.8) is 0 Å². The molecule has 0 unspecified atom stereocenters. The lowest BCUT2D eigenvalue weighted by atomic mass is 10.0. The monoisotopic (exact) mass is 449 g/mol.